The van der Waals surface area contributed by atoms with Gasteiger partial charge in [-0.05, 0) is 89.9 Å². The van der Waals surface area contributed by atoms with Gasteiger partial charge in [0.1, 0.15) is 0 Å². The third kappa shape index (κ3) is 41.5. The van der Waals surface area contributed by atoms with Crippen LogP contribution in [0.3, 0.4) is 0 Å². The minimum Gasteiger partial charge on any atom is -0.466 e. The van der Waals surface area contributed by atoms with Gasteiger partial charge in [0.2, 0.25) is 5.91 Å². The van der Waals surface area contributed by atoms with Crippen LogP contribution in [0.1, 0.15) is 232 Å². The summed E-state index contributed by atoms with van der Waals surface area (Å²) < 4.78 is 5.42. The van der Waals surface area contributed by atoms with Crippen molar-refractivity contribution in [3.05, 3.63) is 48.6 Å². The molecule has 0 aliphatic rings. The molecule has 2 unspecified atom stereocenters. The number of carbonyl (C=O) groups excluding carboxylic acids is 2. The third-order valence-electron chi connectivity index (χ3n) is 10.6. The number of allylic oxidation sites excluding steroid dienone is 7. The lowest BCUT2D eigenvalue weighted by Gasteiger charge is -2.20. The van der Waals surface area contributed by atoms with Gasteiger partial charge in [-0.3, -0.25) is 9.59 Å². The summed E-state index contributed by atoms with van der Waals surface area (Å²) in [7, 11) is 0. The number of hydrogen-bond acceptors (Lipinski definition) is 5. The average Bonchev–Trinajstić information content (AvgIpc) is 3.20. The highest BCUT2D eigenvalue weighted by molar-refractivity contribution is 5.76. The van der Waals surface area contributed by atoms with Crippen LogP contribution in [0.2, 0.25) is 0 Å². The standard InChI is InChI=1S/C50H91NO5/c1-3-5-7-9-11-13-15-17-19-24-28-32-36-40-44-50(55)56-45-41-37-33-29-25-21-20-23-27-31-35-39-43-49(54)51-47(46-52)48(53)42-38-34-30-26-22-18-16-14-12-10-8-6-4-2/h9,11,15,17,21,25,38,42,47-48,52-53H,3-8,10,12-14,16,18-20,22-24,26-37,39-41,43-46H2,1-2H3,(H,51,54)/b11-9-,17-15-,25-21-,42-38+. The van der Waals surface area contributed by atoms with E-state index in [0.717, 1.165) is 103 Å². The average molecular weight is 786 g/mol. The van der Waals surface area contributed by atoms with Gasteiger partial charge in [0.05, 0.1) is 25.4 Å². The number of amides is 1. The highest BCUT2D eigenvalue weighted by Crippen LogP contribution is 2.14. The Kier molecular flexibility index (Phi) is 43.7. The Morgan fingerprint density at radius 2 is 0.911 bits per heavy atom. The number of ether oxygens (including phenoxy) is 1. The molecular weight excluding hydrogens is 695 g/mol. The van der Waals surface area contributed by atoms with Gasteiger partial charge in [0, 0.05) is 12.8 Å². The van der Waals surface area contributed by atoms with Crippen molar-refractivity contribution in [1.82, 2.24) is 5.32 Å². The molecule has 326 valence electrons. The van der Waals surface area contributed by atoms with Crippen molar-refractivity contribution >= 4 is 11.9 Å². The van der Waals surface area contributed by atoms with E-state index < -0.39 is 12.1 Å². The summed E-state index contributed by atoms with van der Waals surface area (Å²) in [6.07, 6.45) is 55.2. The van der Waals surface area contributed by atoms with Crippen LogP contribution in [-0.4, -0.2) is 47.4 Å². The van der Waals surface area contributed by atoms with E-state index in [4.69, 9.17) is 4.74 Å². The van der Waals surface area contributed by atoms with Crippen molar-refractivity contribution in [1.29, 1.82) is 0 Å². The lowest BCUT2D eigenvalue weighted by molar-refractivity contribution is -0.143. The van der Waals surface area contributed by atoms with Crippen LogP contribution in [-0.2, 0) is 14.3 Å². The minimum atomic E-state index is -0.861. The van der Waals surface area contributed by atoms with E-state index in [1.807, 2.05) is 6.08 Å². The molecule has 56 heavy (non-hydrogen) atoms. The number of hydrogen-bond donors (Lipinski definition) is 3. The first-order chi connectivity index (χ1) is 27.5. The highest BCUT2D eigenvalue weighted by Gasteiger charge is 2.18. The highest BCUT2D eigenvalue weighted by atomic mass is 16.5. The topological polar surface area (TPSA) is 95.9 Å². The normalized spacial score (nSPS) is 13.1. The maximum atomic E-state index is 12.4. The van der Waals surface area contributed by atoms with E-state index in [2.05, 4.69) is 55.6 Å². The third-order valence-corrected chi connectivity index (χ3v) is 10.6. The molecule has 0 fully saturated rings. The zero-order valence-corrected chi connectivity index (χ0v) is 36.8. The molecular formula is C50H91NO5. The van der Waals surface area contributed by atoms with Crippen molar-refractivity contribution in [3.8, 4) is 0 Å². The quantitative estimate of drug-likeness (QED) is 0.0325. The molecule has 0 spiro atoms. The lowest BCUT2D eigenvalue weighted by atomic mass is 10.0. The number of aliphatic hydroxyl groups is 2. The van der Waals surface area contributed by atoms with Gasteiger partial charge in [-0.2, -0.15) is 0 Å². The number of esters is 1. The summed E-state index contributed by atoms with van der Waals surface area (Å²) in [6, 6.07) is -0.647. The van der Waals surface area contributed by atoms with Crippen LogP contribution in [0.15, 0.2) is 48.6 Å². The molecule has 0 aromatic rings. The second-order valence-electron chi connectivity index (χ2n) is 16.1. The van der Waals surface area contributed by atoms with E-state index in [1.165, 1.54) is 103 Å². The number of aliphatic hydroxyl groups excluding tert-OH is 2. The second-order valence-corrected chi connectivity index (χ2v) is 16.1. The van der Waals surface area contributed by atoms with Gasteiger partial charge >= 0.3 is 5.97 Å². The molecule has 0 aromatic heterocycles. The van der Waals surface area contributed by atoms with Crippen LogP contribution in [0.4, 0.5) is 0 Å². The van der Waals surface area contributed by atoms with Gasteiger partial charge in [0.15, 0.2) is 0 Å². The summed E-state index contributed by atoms with van der Waals surface area (Å²) >= 11 is 0. The van der Waals surface area contributed by atoms with Gasteiger partial charge in [-0.25, -0.2) is 0 Å². The number of rotatable bonds is 43. The first-order valence-corrected chi connectivity index (χ1v) is 23.9. The molecule has 0 aliphatic heterocycles. The molecule has 0 bridgehead atoms. The van der Waals surface area contributed by atoms with Crippen molar-refractivity contribution < 1.29 is 24.5 Å². The first-order valence-electron chi connectivity index (χ1n) is 23.9. The molecule has 0 saturated carbocycles. The molecule has 0 radical (unpaired) electrons. The first kappa shape index (κ1) is 53.8. The largest absolute Gasteiger partial charge is 0.466 e. The summed E-state index contributed by atoms with van der Waals surface area (Å²) in [4.78, 5) is 24.4. The fourth-order valence-electron chi connectivity index (χ4n) is 6.82. The van der Waals surface area contributed by atoms with Crippen LogP contribution >= 0.6 is 0 Å². The van der Waals surface area contributed by atoms with Crippen molar-refractivity contribution in [2.24, 2.45) is 0 Å². The monoisotopic (exact) mass is 786 g/mol. The maximum absolute atomic E-state index is 12.4. The molecule has 2 atom stereocenters. The Balaban J connectivity index is 3.57. The van der Waals surface area contributed by atoms with Gasteiger partial charge < -0.3 is 20.3 Å². The Labute approximate surface area is 346 Å². The molecule has 6 heteroatoms. The smallest absolute Gasteiger partial charge is 0.305 e. The molecule has 0 saturated heterocycles. The Morgan fingerprint density at radius 3 is 1.43 bits per heavy atom. The predicted molar refractivity (Wildman–Crippen MR) is 241 cm³/mol. The number of nitrogens with one attached hydrogen (secondary N) is 1. The minimum absolute atomic E-state index is 0.0403. The fraction of sp³-hybridized carbons (Fsp3) is 0.800. The van der Waals surface area contributed by atoms with Gasteiger partial charge in [-0.15, -0.1) is 0 Å². The molecule has 0 heterocycles. The molecule has 1 amide bonds. The van der Waals surface area contributed by atoms with Crippen molar-refractivity contribution in [2.75, 3.05) is 13.2 Å². The maximum Gasteiger partial charge on any atom is 0.305 e. The van der Waals surface area contributed by atoms with E-state index in [9.17, 15) is 19.8 Å². The van der Waals surface area contributed by atoms with Crippen molar-refractivity contribution in [2.45, 2.75) is 244 Å². The molecule has 6 nitrogen and oxygen atoms in total. The van der Waals surface area contributed by atoms with E-state index in [1.54, 1.807) is 6.08 Å². The zero-order chi connectivity index (χ0) is 40.8. The Hall–Kier alpha value is -2.18. The Morgan fingerprint density at radius 1 is 0.500 bits per heavy atom. The van der Waals surface area contributed by atoms with Crippen LogP contribution in [0.5, 0.6) is 0 Å². The number of carbonyl (C=O) groups is 2. The summed E-state index contributed by atoms with van der Waals surface area (Å²) in [5.41, 5.74) is 0. The van der Waals surface area contributed by atoms with E-state index >= 15 is 0 Å². The van der Waals surface area contributed by atoms with Crippen LogP contribution in [0, 0.1) is 0 Å². The summed E-state index contributed by atoms with van der Waals surface area (Å²) in [5.74, 6) is -0.137. The summed E-state index contributed by atoms with van der Waals surface area (Å²) in [6.45, 7) is 4.77. The zero-order valence-electron chi connectivity index (χ0n) is 36.8. The fourth-order valence-corrected chi connectivity index (χ4v) is 6.82. The molecule has 0 rings (SSSR count). The molecule has 3 N–H and O–H groups in total. The molecule has 0 aromatic carbocycles. The molecule has 0 aliphatic carbocycles. The van der Waals surface area contributed by atoms with Crippen molar-refractivity contribution in [3.63, 3.8) is 0 Å². The van der Waals surface area contributed by atoms with Crippen LogP contribution < -0.4 is 5.32 Å². The lowest BCUT2D eigenvalue weighted by Crippen LogP contribution is -2.45. The summed E-state index contributed by atoms with van der Waals surface area (Å²) in [5, 5.41) is 23.0. The van der Waals surface area contributed by atoms with Gasteiger partial charge in [0.25, 0.3) is 0 Å². The Bertz CT molecular complexity index is 957. The van der Waals surface area contributed by atoms with Crippen LogP contribution in [0.25, 0.3) is 0 Å². The van der Waals surface area contributed by atoms with Gasteiger partial charge in [-0.1, -0.05) is 178 Å². The SMILES string of the molecule is CCCC/C=C\C/C=C\CCCCCCCC(=O)OCCCCC/C=C\CCCCCCCC(=O)NC(CO)C(O)/C=C/CCCCCCCCCCCCC. The predicted octanol–water partition coefficient (Wildman–Crippen LogP) is 13.9. The van der Waals surface area contributed by atoms with E-state index in [-0.39, 0.29) is 18.5 Å². The van der Waals surface area contributed by atoms with E-state index in [0.29, 0.717) is 19.4 Å². The number of unbranched alkanes of at least 4 members (excludes halogenated alkanes) is 26. The second kappa shape index (κ2) is 45.5.